The summed E-state index contributed by atoms with van der Waals surface area (Å²) in [5.74, 6) is 0.0954. The maximum Gasteiger partial charge on any atom is 0.164 e. The number of halogens is 2. The van der Waals surface area contributed by atoms with Crippen LogP contribution >= 0.6 is 23.2 Å². The molecule has 0 saturated heterocycles. The summed E-state index contributed by atoms with van der Waals surface area (Å²) in [6.07, 6.45) is 7.62. The van der Waals surface area contributed by atoms with Gasteiger partial charge < -0.3 is 0 Å². The summed E-state index contributed by atoms with van der Waals surface area (Å²) in [5.41, 5.74) is 0.553. The van der Waals surface area contributed by atoms with E-state index >= 15 is 0 Å². The molecule has 18 heavy (non-hydrogen) atoms. The first-order valence-electron chi connectivity index (χ1n) is 6.63. The molecule has 0 N–H and O–H groups in total. The van der Waals surface area contributed by atoms with Crippen LogP contribution in [0.5, 0.6) is 0 Å². The summed E-state index contributed by atoms with van der Waals surface area (Å²) < 4.78 is 0. The maximum atomic E-state index is 12.0. The normalized spacial score (nSPS) is 10.6. The first-order valence-corrected chi connectivity index (χ1v) is 7.39. The van der Waals surface area contributed by atoms with Crippen molar-refractivity contribution in [3.8, 4) is 0 Å². The van der Waals surface area contributed by atoms with Crippen molar-refractivity contribution in [2.24, 2.45) is 0 Å². The molecule has 0 aliphatic rings. The van der Waals surface area contributed by atoms with E-state index < -0.39 is 0 Å². The summed E-state index contributed by atoms with van der Waals surface area (Å²) >= 11 is 11.9. The van der Waals surface area contributed by atoms with Gasteiger partial charge in [-0.25, -0.2) is 0 Å². The Bertz CT molecular complexity index is 388. The van der Waals surface area contributed by atoms with Gasteiger partial charge in [-0.2, -0.15) is 0 Å². The topological polar surface area (TPSA) is 17.1 Å². The molecule has 0 amide bonds. The standard InChI is InChI=1S/C15H20Cl2O/c1-2-3-4-5-6-7-8-15(18)13-11-12(16)9-10-14(13)17/h9-11H,2-8H2,1H3. The number of hydrogen-bond donors (Lipinski definition) is 0. The van der Waals surface area contributed by atoms with E-state index in [4.69, 9.17) is 23.2 Å². The number of hydrogen-bond acceptors (Lipinski definition) is 1. The van der Waals surface area contributed by atoms with Crippen molar-refractivity contribution in [1.82, 2.24) is 0 Å². The highest BCUT2D eigenvalue weighted by molar-refractivity contribution is 6.35. The molecule has 0 aliphatic carbocycles. The SMILES string of the molecule is CCCCCCCCC(=O)c1cc(Cl)ccc1Cl. The molecular formula is C15H20Cl2O. The molecule has 0 atom stereocenters. The lowest BCUT2D eigenvalue weighted by Gasteiger charge is -2.04. The number of ketones is 1. The molecule has 100 valence electrons. The number of unbranched alkanes of at least 4 members (excludes halogenated alkanes) is 5. The molecule has 0 aliphatic heterocycles. The van der Waals surface area contributed by atoms with Gasteiger partial charge in [0.2, 0.25) is 0 Å². The van der Waals surface area contributed by atoms with Gasteiger partial charge >= 0.3 is 0 Å². The third-order valence-corrected chi connectivity index (χ3v) is 3.55. The largest absolute Gasteiger partial charge is 0.294 e. The smallest absolute Gasteiger partial charge is 0.164 e. The molecule has 0 saturated carbocycles. The van der Waals surface area contributed by atoms with Gasteiger partial charge in [-0.1, -0.05) is 62.2 Å². The quantitative estimate of drug-likeness (QED) is 0.428. The van der Waals surface area contributed by atoms with Crippen LogP contribution in [0.15, 0.2) is 18.2 Å². The Kier molecular flexibility index (Phi) is 7.38. The van der Waals surface area contributed by atoms with Crippen molar-refractivity contribution in [3.05, 3.63) is 33.8 Å². The lowest BCUT2D eigenvalue weighted by Crippen LogP contribution is -2.00. The number of rotatable bonds is 8. The Balaban J connectivity index is 2.34. The fourth-order valence-electron chi connectivity index (χ4n) is 1.91. The molecule has 1 aromatic carbocycles. The monoisotopic (exact) mass is 286 g/mol. The third-order valence-electron chi connectivity index (χ3n) is 2.99. The Morgan fingerprint density at radius 3 is 2.44 bits per heavy atom. The molecular weight excluding hydrogens is 267 g/mol. The first kappa shape index (κ1) is 15.5. The van der Waals surface area contributed by atoms with E-state index in [1.54, 1.807) is 18.2 Å². The van der Waals surface area contributed by atoms with Crippen molar-refractivity contribution < 1.29 is 4.79 Å². The van der Waals surface area contributed by atoms with Gasteiger partial charge in [0, 0.05) is 17.0 Å². The van der Waals surface area contributed by atoms with Crippen LogP contribution in [0.3, 0.4) is 0 Å². The molecule has 1 nitrogen and oxygen atoms in total. The van der Waals surface area contributed by atoms with Gasteiger partial charge in [0.15, 0.2) is 5.78 Å². The lowest BCUT2D eigenvalue weighted by molar-refractivity contribution is 0.0979. The summed E-state index contributed by atoms with van der Waals surface area (Å²) in [6.45, 7) is 2.20. The van der Waals surface area contributed by atoms with Crippen LogP contribution in [-0.2, 0) is 0 Å². The zero-order valence-electron chi connectivity index (χ0n) is 10.8. The van der Waals surface area contributed by atoms with Gasteiger partial charge in [0.1, 0.15) is 0 Å². The van der Waals surface area contributed by atoms with Crippen molar-refractivity contribution in [2.45, 2.75) is 51.9 Å². The highest BCUT2D eigenvalue weighted by atomic mass is 35.5. The highest BCUT2D eigenvalue weighted by Crippen LogP contribution is 2.22. The Labute approximate surface area is 119 Å². The van der Waals surface area contributed by atoms with E-state index in [1.165, 1.54) is 25.7 Å². The first-order chi connectivity index (χ1) is 8.65. The molecule has 3 heteroatoms. The number of carbonyl (C=O) groups excluding carboxylic acids is 1. The third kappa shape index (κ3) is 5.41. The predicted octanol–water partition coefficient (Wildman–Crippen LogP) is 5.93. The second-order valence-electron chi connectivity index (χ2n) is 4.57. The zero-order chi connectivity index (χ0) is 13.4. The maximum absolute atomic E-state index is 12.0. The summed E-state index contributed by atoms with van der Waals surface area (Å²) in [4.78, 5) is 12.0. The van der Waals surface area contributed by atoms with Crippen LogP contribution in [0.2, 0.25) is 10.0 Å². The Hall–Kier alpha value is -0.530. The summed E-state index contributed by atoms with van der Waals surface area (Å²) in [5, 5.41) is 1.06. The summed E-state index contributed by atoms with van der Waals surface area (Å²) in [6, 6.07) is 5.03. The highest BCUT2D eigenvalue weighted by Gasteiger charge is 2.10. The van der Waals surface area contributed by atoms with Gasteiger partial charge in [-0.05, 0) is 24.6 Å². The van der Waals surface area contributed by atoms with Gasteiger partial charge in [-0.15, -0.1) is 0 Å². The van der Waals surface area contributed by atoms with E-state index in [1.807, 2.05) is 0 Å². The minimum atomic E-state index is 0.0954. The van der Waals surface area contributed by atoms with Crippen molar-refractivity contribution in [3.63, 3.8) is 0 Å². The molecule has 1 aromatic rings. The second-order valence-corrected chi connectivity index (χ2v) is 5.41. The Morgan fingerprint density at radius 2 is 1.72 bits per heavy atom. The minimum Gasteiger partial charge on any atom is -0.294 e. The van der Waals surface area contributed by atoms with Gasteiger partial charge in [-0.3, -0.25) is 4.79 Å². The predicted molar refractivity (Wildman–Crippen MR) is 78.8 cm³/mol. The molecule has 0 spiro atoms. The Morgan fingerprint density at radius 1 is 1.06 bits per heavy atom. The number of benzene rings is 1. The summed E-state index contributed by atoms with van der Waals surface area (Å²) in [7, 11) is 0. The van der Waals surface area contributed by atoms with Crippen molar-refractivity contribution in [1.29, 1.82) is 0 Å². The number of Topliss-reactive ketones (excluding diaryl/α,β-unsaturated/α-hetero) is 1. The molecule has 0 radical (unpaired) electrons. The fraction of sp³-hybridized carbons (Fsp3) is 0.533. The fourth-order valence-corrected chi connectivity index (χ4v) is 2.31. The lowest BCUT2D eigenvalue weighted by atomic mass is 10.0. The molecule has 0 fully saturated rings. The van der Waals surface area contributed by atoms with Crippen LogP contribution in [0.25, 0.3) is 0 Å². The molecule has 0 unspecified atom stereocenters. The van der Waals surface area contributed by atoms with Crippen LogP contribution in [-0.4, -0.2) is 5.78 Å². The number of carbonyl (C=O) groups is 1. The van der Waals surface area contributed by atoms with Crippen LogP contribution in [0.1, 0.15) is 62.2 Å². The molecule has 0 heterocycles. The van der Waals surface area contributed by atoms with E-state index in [0.29, 0.717) is 22.0 Å². The average Bonchev–Trinajstić information content (AvgIpc) is 2.36. The second kappa shape index (κ2) is 8.55. The van der Waals surface area contributed by atoms with E-state index in [0.717, 1.165) is 12.8 Å². The minimum absolute atomic E-state index is 0.0954. The zero-order valence-corrected chi connectivity index (χ0v) is 12.4. The van der Waals surface area contributed by atoms with Gasteiger partial charge in [0.05, 0.1) is 5.02 Å². The van der Waals surface area contributed by atoms with Crippen molar-refractivity contribution in [2.75, 3.05) is 0 Å². The molecule has 1 rings (SSSR count). The average molecular weight is 287 g/mol. The van der Waals surface area contributed by atoms with E-state index in [9.17, 15) is 4.79 Å². The van der Waals surface area contributed by atoms with E-state index in [-0.39, 0.29) is 5.78 Å². The van der Waals surface area contributed by atoms with Gasteiger partial charge in [0.25, 0.3) is 0 Å². The van der Waals surface area contributed by atoms with Crippen LogP contribution in [0.4, 0.5) is 0 Å². The van der Waals surface area contributed by atoms with E-state index in [2.05, 4.69) is 6.92 Å². The van der Waals surface area contributed by atoms with Crippen LogP contribution in [0, 0.1) is 0 Å². The molecule has 0 bridgehead atoms. The van der Waals surface area contributed by atoms with Crippen LogP contribution < -0.4 is 0 Å². The molecule has 0 aromatic heterocycles. The van der Waals surface area contributed by atoms with Crippen molar-refractivity contribution >= 4 is 29.0 Å².